The van der Waals surface area contributed by atoms with Crippen LogP contribution in [-0.2, 0) is 0 Å². The van der Waals surface area contributed by atoms with E-state index in [-0.39, 0.29) is 5.41 Å². The number of rotatable bonds is 3. The van der Waals surface area contributed by atoms with Crippen LogP contribution in [0.3, 0.4) is 0 Å². The zero-order chi connectivity index (χ0) is 13.3. The standard InChI is InChI=1S/C18H20O/c1-2-18(11-5-6-12-18)17(19)16-10-9-14-7-3-4-8-15(14)13-16/h3-4,7-10,13H,2,5-6,11-12H2,1H3. The lowest BCUT2D eigenvalue weighted by atomic mass is 9.76. The maximum Gasteiger partial charge on any atom is 0.169 e. The van der Waals surface area contributed by atoms with Crippen molar-refractivity contribution in [3.8, 4) is 0 Å². The van der Waals surface area contributed by atoms with Gasteiger partial charge in [0.1, 0.15) is 0 Å². The summed E-state index contributed by atoms with van der Waals surface area (Å²) in [6.45, 7) is 2.16. The highest BCUT2D eigenvalue weighted by Gasteiger charge is 2.39. The fraction of sp³-hybridized carbons (Fsp3) is 0.389. The van der Waals surface area contributed by atoms with Gasteiger partial charge in [-0.05, 0) is 36.1 Å². The van der Waals surface area contributed by atoms with E-state index in [2.05, 4.69) is 31.2 Å². The third kappa shape index (κ3) is 2.07. The van der Waals surface area contributed by atoms with Gasteiger partial charge in [-0.25, -0.2) is 0 Å². The fourth-order valence-corrected chi connectivity index (χ4v) is 3.43. The largest absolute Gasteiger partial charge is 0.294 e. The van der Waals surface area contributed by atoms with Crippen LogP contribution in [0, 0.1) is 5.41 Å². The molecule has 0 spiro atoms. The molecular formula is C18H20O. The van der Waals surface area contributed by atoms with E-state index >= 15 is 0 Å². The lowest BCUT2D eigenvalue weighted by Gasteiger charge is -2.25. The van der Waals surface area contributed by atoms with Crippen LogP contribution in [0.15, 0.2) is 42.5 Å². The summed E-state index contributed by atoms with van der Waals surface area (Å²) in [6, 6.07) is 14.4. The number of benzene rings is 2. The molecule has 1 aliphatic carbocycles. The first-order valence-electron chi connectivity index (χ1n) is 7.29. The Hall–Kier alpha value is -1.63. The third-order valence-corrected chi connectivity index (χ3v) is 4.73. The van der Waals surface area contributed by atoms with E-state index in [1.165, 1.54) is 18.2 Å². The van der Waals surface area contributed by atoms with Crippen molar-refractivity contribution in [2.75, 3.05) is 0 Å². The van der Waals surface area contributed by atoms with Gasteiger partial charge in [-0.15, -0.1) is 0 Å². The molecule has 98 valence electrons. The molecule has 2 aromatic carbocycles. The second-order valence-electron chi connectivity index (χ2n) is 5.73. The Balaban J connectivity index is 2.01. The highest BCUT2D eigenvalue weighted by molar-refractivity contribution is 6.03. The number of Topliss-reactive ketones (excluding diaryl/α,β-unsaturated/α-hetero) is 1. The molecule has 19 heavy (non-hydrogen) atoms. The van der Waals surface area contributed by atoms with E-state index in [1.54, 1.807) is 0 Å². The molecular weight excluding hydrogens is 232 g/mol. The maximum absolute atomic E-state index is 12.8. The molecule has 0 N–H and O–H groups in total. The van der Waals surface area contributed by atoms with E-state index in [4.69, 9.17) is 0 Å². The topological polar surface area (TPSA) is 17.1 Å². The zero-order valence-corrected chi connectivity index (χ0v) is 11.5. The zero-order valence-electron chi connectivity index (χ0n) is 11.5. The van der Waals surface area contributed by atoms with Crippen LogP contribution in [0.2, 0.25) is 0 Å². The molecule has 2 aromatic rings. The van der Waals surface area contributed by atoms with Crippen molar-refractivity contribution in [2.24, 2.45) is 5.41 Å². The monoisotopic (exact) mass is 252 g/mol. The van der Waals surface area contributed by atoms with Gasteiger partial charge in [0, 0.05) is 11.0 Å². The predicted molar refractivity (Wildman–Crippen MR) is 79.5 cm³/mol. The highest BCUT2D eigenvalue weighted by atomic mass is 16.1. The Morgan fingerprint density at radius 3 is 2.42 bits per heavy atom. The molecule has 1 fully saturated rings. The van der Waals surface area contributed by atoms with Crippen molar-refractivity contribution >= 4 is 16.6 Å². The Morgan fingerprint density at radius 1 is 1.05 bits per heavy atom. The Morgan fingerprint density at radius 2 is 1.74 bits per heavy atom. The van der Waals surface area contributed by atoms with Crippen LogP contribution in [0.1, 0.15) is 49.4 Å². The molecule has 0 unspecified atom stereocenters. The molecule has 0 saturated heterocycles. The van der Waals surface area contributed by atoms with Crippen molar-refractivity contribution in [3.63, 3.8) is 0 Å². The Kier molecular flexibility index (Phi) is 3.14. The number of fused-ring (bicyclic) bond motifs is 1. The number of carbonyl (C=O) groups is 1. The molecule has 1 saturated carbocycles. The molecule has 3 rings (SSSR count). The van der Waals surface area contributed by atoms with E-state index in [9.17, 15) is 4.79 Å². The lowest BCUT2D eigenvalue weighted by Crippen LogP contribution is -2.27. The van der Waals surface area contributed by atoms with Gasteiger partial charge >= 0.3 is 0 Å². The van der Waals surface area contributed by atoms with Crippen molar-refractivity contribution in [1.82, 2.24) is 0 Å². The number of hydrogen-bond acceptors (Lipinski definition) is 1. The van der Waals surface area contributed by atoms with Gasteiger partial charge in [0.15, 0.2) is 5.78 Å². The number of carbonyl (C=O) groups excluding carboxylic acids is 1. The molecule has 0 amide bonds. The first-order chi connectivity index (χ1) is 9.25. The first-order valence-corrected chi connectivity index (χ1v) is 7.29. The molecule has 1 heteroatoms. The van der Waals surface area contributed by atoms with Crippen molar-refractivity contribution < 1.29 is 4.79 Å². The van der Waals surface area contributed by atoms with E-state index < -0.39 is 0 Å². The fourth-order valence-electron chi connectivity index (χ4n) is 3.43. The summed E-state index contributed by atoms with van der Waals surface area (Å²) in [5.74, 6) is 0.359. The van der Waals surface area contributed by atoms with Crippen molar-refractivity contribution in [2.45, 2.75) is 39.0 Å². The van der Waals surface area contributed by atoms with E-state index in [0.717, 1.165) is 30.2 Å². The predicted octanol–water partition coefficient (Wildman–Crippen LogP) is 4.99. The third-order valence-electron chi connectivity index (χ3n) is 4.73. The van der Waals surface area contributed by atoms with E-state index in [0.29, 0.717) is 5.78 Å². The van der Waals surface area contributed by atoms with Gasteiger partial charge in [0.05, 0.1) is 0 Å². The van der Waals surface area contributed by atoms with Gasteiger partial charge in [-0.1, -0.05) is 56.2 Å². The van der Waals surface area contributed by atoms with Crippen LogP contribution in [-0.4, -0.2) is 5.78 Å². The maximum atomic E-state index is 12.8. The molecule has 1 aliphatic rings. The van der Waals surface area contributed by atoms with Crippen LogP contribution >= 0.6 is 0 Å². The minimum Gasteiger partial charge on any atom is -0.294 e. The summed E-state index contributed by atoms with van der Waals surface area (Å²) < 4.78 is 0. The van der Waals surface area contributed by atoms with E-state index in [1.807, 2.05) is 18.2 Å². The van der Waals surface area contributed by atoms with Crippen LogP contribution in [0.4, 0.5) is 0 Å². The number of ketones is 1. The summed E-state index contributed by atoms with van der Waals surface area (Å²) in [4.78, 5) is 12.8. The first kappa shape index (κ1) is 12.4. The van der Waals surface area contributed by atoms with Gasteiger partial charge < -0.3 is 0 Å². The van der Waals surface area contributed by atoms with Gasteiger partial charge in [0.25, 0.3) is 0 Å². The quantitative estimate of drug-likeness (QED) is 0.703. The second-order valence-corrected chi connectivity index (χ2v) is 5.73. The molecule has 0 atom stereocenters. The van der Waals surface area contributed by atoms with Crippen molar-refractivity contribution in [3.05, 3.63) is 48.0 Å². The smallest absolute Gasteiger partial charge is 0.169 e. The minimum absolute atomic E-state index is 0.0809. The number of hydrogen-bond donors (Lipinski definition) is 0. The molecule has 0 aromatic heterocycles. The lowest BCUT2D eigenvalue weighted by molar-refractivity contribution is 0.0791. The van der Waals surface area contributed by atoms with Crippen LogP contribution in [0.5, 0.6) is 0 Å². The molecule has 0 aliphatic heterocycles. The van der Waals surface area contributed by atoms with Gasteiger partial charge in [-0.3, -0.25) is 4.79 Å². The Labute approximate surface area is 114 Å². The molecule has 0 bridgehead atoms. The minimum atomic E-state index is -0.0809. The molecule has 1 nitrogen and oxygen atoms in total. The molecule has 0 radical (unpaired) electrons. The van der Waals surface area contributed by atoms with Crippen molar-refractivity contribution in [1.29, 1.82) is 0 Å². The highest BCUT2D eigenvalue weighted by Crippen LogP contribution is 2.43. The average Bonchev–Trinajstić information content (AvgIpc) is 2.96. The summed E-state index contributed by atoms with van der Waals surface area (Å²) in [7, 11) is 0. The SMILES string of the molecule is CCC1(C(=O)c2ccc3ccccc3c2)CCCC1. The summed E-state index contributed by atoms with van der Waals surface area (Å²) in [5, 5.41) is 2.37. The average molecular weight is 252 g/mol. The van der Waals surface area contributed by atoms with Gasteiger partial charge in [-0.2, -0.15) is 0 Å². The Bertz CT molecular complexity index is 606. The normalized spacial score (nSPS) is 17.7. The summed E-state index contributed by atoms with van der Waals surface area (Å²) in [5.41, 5.74) is 0.810. The van der Waals surface area contributed by atoms with Crippen LogP contribution in [0.25, 0.3) is 10.8 Å². The molecule has 0 heterocycles. The summed E-state index contributed by atoms with van der Waals surface area (Å²) >= 11 is 0. The van der Waals surface area contributed by atoms with Gasteiger partial charge in [0.2, 0.25) is 0 Å². The van der Waals surface area contributed by atoms with Crippen LogP contribution < -0.4 is 0 Å². The summed E-state index contributed by atoms with van der Waals surface area (Å²) in [6.07, 6.45) is 5.50. The second kappa shape index (κ2) is 4.80.